The van der Waals surface area contributed by atoms with Gasteiger partial charge in [0, 0.05) is 28.8 Å². The third-order valence-electron chi connectivity index (χ3n) is 6.14. The van der Waals surface area contributed by atoms with E-state index in [0.29, 0.717) is 17.7 Å². The Labute approximate surface area is 227 Å². The minimum atomic E-state index is -4.37. The van der Waals surface area contributed by atoms with E-state index >= 15 is 0 Å². The molecule has 206 valence electrons. The van der Waals surface area contributed by atoms with Gasteiger partial charge in [-0.05, 0) is 60.4 Å². The average molecular weight is 557 g/mol. The van der Waals surface area contributed by atoms with Crippen LogP contribution < -0.4 is 4.74 Å². The highest BCUT2D eigenvalue weighted by molar-refractivity contribution is 5.66. The molecule has 0 atom stereocenters. The van der Waals surface area contributed by atoms with Crippen molar-refractivity contribution >= 4 is 0 Å². The predicted molar refractivity (Wildman–Crippen MR) is 138 cm³/mol. The van der Waals surface area contributed by atoms with Crippen molar-refractivity contribution in [2.45, 2.75) is 38.7 Å². The molecule has 0 bridgehead atoms. The molecule has 0 N–H and O–H groups in total. The molecule has 0 amide bonds. The third-order valence-corrected chi connectivity index (χ3v) is 6.14. The zero-order chi connectivity index (χ0) is 28.9. The van der Waals surface area contributed by atoms with E-state index in [1.807, 2.05) is 24.3 Å². The van der Waals surface area contributed by atoms with Crippen LogP contribution in [0.5, 0.6) is 5.75 Å². The van der Waals surface area contributed by atoms with Gasteiger partial charge in [-0.3, -0.25) is 0 Å². The molecule has 40 heavy (non-hydrogen) atoms. The van der Waals surface area contributed by atoms with Crippen molar-refractivity contribution in [3.05, 3.63) is 124 Å². The number of hydrogen-bond acceptors (Lipinski definition) is 1. The smallest absolute Gasteiger partial charge is 0.429 e. The summed E-state index contributed by atoms with van der Waals surface area (Å²) < 4.78 is 103. The molecule has 0 spiro atoms. The molecular weight excluding hydrogens is 533 g/mol. The lowest BCUT2D eigenvalue weighted by Gasteiger charge is -2.19. The molecule has 0 aliphatic rings. The second kappa shape index (κ2) is 12.3. The molecule has 0 aliphatic carbocycles. The van der Waals surface area contributed by atoms with Crippen LogP contribution in [0.2, 0.25) is 0 Å². The zero-order valence-electron chi connectivity index (χ0n) is 21.3. The monoisotopic (exact) mass is 556 g/mol. The van der Waals surface area contributed by atoms with Gasteiger partial charge in [0.05, 0.1) is 5.56 Å². The number of aryl methyl sites for hydroxylation is 1. The van der Waals surface area contributed by atoms with Crippen molar-refractivity contribution in [2.75, 3.05) is 0 Å². The molecule has 0 unspecified atom stereocenters. The highest BCUT2D eigenvalue weighted by Crippen LogP contribution is 2.36. The van der Waals surface area contributed by atoms with Crippen molar-refractivity contribution in [1.29, 1.82) is 0 Å². The van der Waals surface area contributed by atoms with Crippen molar-refractivity contribution in [1.82, 2.24) is 0 Å². The largest absolute Gasteiger partial charge is 0.429 e. The first-order valence-corrected chi connectivity index (χ1v) is 12.5. The number of benzene rings is 4. The summed E-state index contributed by atoms with van der Waals surface area (Å²) >= 11 is 0. The van der Waals surface area contributed by atoms with E-state index in [1.165, 1.54) is 24.1 Å². The van der Waals surface area contributed by atoms with Gasteiger partial charge in [0.2, 0.25) is 0 Å². The molecule has 0 saturated carbocycles. The Balaban J connectivity index is 1.49. The summed E-state index contributed by atoms with van der Waals surface area (Å²) in [6.45, 7) is 2.15. The lowest BCUT2D eigenvalue weighted by molar-refractivity contribution is -0.187. The minimum absolute atomic E-state index is 0.0356. The van der Waals surface area contributed by atoms with Crippen molar-refractivity contribution < 1.29 is 35.5 Å². The predicted octanol–water partition coefficient (Wildman–Crippen LogP) is 9.31. The summed E-state index contributed by atoms with van der Waals surface area (Å²) in [7, 11) is 0. The molecule has 4 rings (SSSR count). The van der Waals surface area contributed by atoms with Crippen LogP contribution in [-0.2, 0) is 12.5 Å². The lowest BCUT2D eigenvalue weighted by atomic mass is 10.0. The van der Waals surface area contributed by atoms with E-state index in [4.69, 9.17) is 0 Å². The summed E-state index contributed by atoms with van der Waals surface area (Å²) in [4.78, 5) is 0. The second-order valence-corrected chi connectivity index (χ2v) is 9.11. The first-order valence-electron chi connectivity index (χ1n) is 12.5. The summed E-state index contributed by atoms with van der Waals surface area (Å²) in [5.74, 6) is -2.77. The maximum Gasteiger partial charge on any atom is 0.429 e. The molecular formula is C32H23F7O. The normalized spacial score (nSPS) is 11.2. The Kier molecular flexibility index (Phi) is 8.83. The molecule has 4 aromatic rings. The fraction of sp³-hybridized carbons (Fsp3) is 0.188. The lowest BCUT2D eigenvalue weighted by Crippen LogP contribution is -2.23. The molecule has 0 heterocycles. The average Bonchev–Trinajstić information content (AvgIpc) is 2.91. The minimum Gasteiger partial charge on any atom is -0.429 e. The Hall–Kier alpha value is -4.25. The molecule has 0 fully saturated rings. The molecule has 1 nitrogen and oxygen atoms in total. The van der Waals surface area contributed by atoms with E-state index < -0.39 is 46.5 Å². The summed E-state index contributed by atoms with van der Waals surface area (Å²) in [6.07, 6.45) is 0.0620. The van der Waals surface area contributed by atoms with Crippen LogP contribution in [0.4, 0.5) is 30.7 Å². The Bertz CT molecular complexity index is 1540. The van der Waals surface area contributed by atoms with Gasteiger partial charge >= 0.3 is 6.11 Å². The van der Waals surface area contributed by atoms with E-state index in [1.54, 1.807) is 0 Å². The molecule has 0 aromatic heterocycles. The van der Waals surface area contributed by atoms with E-state index in [9.17, 15) is 30.7 Å². The van der Waals surface area contributed by atoms with Gasteiger partial charge in [0.1, 0.15) is 17.4 Å². The summed E-state index contributed by atoms with van der Waals surface area (Å²) in [6, 6.07) is 14.6. The van der Waals surface area contributed by atoms with Crippen LogP contribution >= 0.6 is 0 Å². The Morgan fingerprint density at radius 1 is 0.675 bits per heavy atom. The fourth-order valence-electron chi connectivity index (χ4n) is 4.02. The van der Waals surface area contributed by atoms with E-state index in [-0.39, 0.29) is 23.3 Å². The molecule has 0 radical (unpaired) electrons. The number of rotatable bonds is 8. The van der Waals surface area contributed by atoms with Gasteiger partial charge in [0.25, 0.3) is 0 Å². The number of ether oxygens (including phenoxy) is 1. The van der Waals surface area contributed by atoms with Crippen molar-refractivity contribution in [3.8, 4) is 28.7 Å². The Morgan fingerprint density at radius 3 is 1.95 bits per heavy atom. The first-order chi connectivity index (χ1) is 19.1. The maximum atomic E-state index is 14.9. The van der Waals surface area contributed by atoms with Crippen LogP contribution in [0.15, 0.2) is 72.8 Å². The van der Waals surface area contributed by atoms with E-state index in [2.05, 4.69) is 23.5 Å². The highest BCUT2D eigenvalue weighted by Gasteiger charge is 2.38. The number of alkyl halides is 2. The van der Waals surface area contributed by atoms with Gasteiger partial charge in [-0.2, -0.15) is 8.78 Å². The van der Waals surface area contributed by atoms with Crippen LogP contribution in [0, 0.1) is 40.9 Å². The summed E-state index contributed by atoms with van der Waals surface area (Å²) in [5, 5.41) is 0. The molecule has 0 saturated heterocycles. The van der Waals surface area contributed by atoms with Gasteiger partial charge in [-0.25, -0.2) is 22.0 Å². The first kappa shape index (κ1) is 28.8. The molecule has 0 aliphatic heterocycles. The number of halogens is 7. The quantitative estimate of drug-likeness (QED) is 0.0910. The molecule has 4 aromatic carbocycles. The zero-order valence-corrected chi connectivity index (χ0v) is 21.3. The van der Waals surface area contributed by atoms with Gasteiger partial charge in [-0.1, -0.05) is 55.9 Å². The van der Waals surface area contributed by atoms with E-state index in [0.717, 1.165) is 37.0 Å². The SMILES string of the molecule is CCCCCc1ccc(C#Cc2ccc(-c3ccc(C(F)(F)Oc4cc(F)c(F)c(F)c4)c(F)c3)c(F)c2)cc1. The number of unbranched alkanes of at least 4 members (excludes halogenated alkanes) is 2. The van der Waals surface area contributed by atoms with Crippen LogP contribution in [-0.4, -0.2) is 0 Å². The fourth-order valence-corrected chi connectivity index (χ4v) is 4.02. The van der Waals surface area contributed by atoms with Crippen LogP contribution in [0.3, 0.4) is 0 Å². The van der Waals surface area contributed by atoms with Crippen LogP contribution in [0.25, 0.3) is 11.1 Å². The number of hydrogen-bond donors (Lipinski definition) is 0. The van der Waals surface area contributed by atoms with Crippen molar-refractivity contribution in [3.63, 3.8) is 0 Å². The second-order valence-electron chi connectivity index (χ2n) is 9.11. The highest BCUT2D eigenvalue weighted by atomic mass is 19.3. The molecule has 8 heteroatoms. The maximum absolute atomic E-state index is 14.9. The van der Waals surface area contributed by atoms with Gasteiger partial charge in [0.15, 0.2) is 17.5 Å². The topological polar surface area (TPSA) is 9.23 Å². The Morgan fingerprint density at radius 2 is 1.32 bits per heavy atom. The van der Waals surface area contributed by atoms with Gasteiger partial charge < -0.3 is 4.74 Å². The third kappa shape index (κ3) is 6.84. The standard InChI is InChI=1S/C32H23F7O/c1-2-3-4-5-20-6-8-21(9-7-20)10-11-22-12-14-25(27(33)16-22)23-13-15-26(28(34)17-23)32(38,39)40-24-18-29(35)31(37)30(36)19-24/h6-9,12-19H,2-5H2,1H3. The van der Waals surface area contributed by atoms with Gasteiger partial charge in [-0.15, -0.1) is 0 Å². The summed E-state index contributed by atoms with van der Waals surface area (Å²) in [5.41, 5.74) is 0.988. The van der Waals surface area contributed by atoms with Crippen LogP contribution in [0.1, 0.15) is 48.4 Å². The van der Waals surface area contributed by atoms with Crippen molar-refractivity contribution in [2.24, 2.45) is 0 Å².